The van der Waals surface area contributed by atoms with E-state index in [1.54, 1.807) is 0 Å². The van der Waals surface area contributed by atoms with Crippen LogP contribution < -0.4 is 4.90 Å². The quantitative estimate of drug-likeness (QED) is 0.550. The molecule has 0 bridgehead atoms. The number of benzene rings is 2. The van der Waals surface area contributed by atoms with Gasteiger partial charge in [0.25, 0.3) is 0 Å². The van der Waals surface area contributed by atoms with E-state index in [0.29, 0.717) is 5.02 Å². The van der Waals surface area contributed by atoms with Crippen molar-refractivity contribution in [3.63, 3.8) is 0 Å². The zero-order chi connectivity index (χ0) is 17.6. The minimum absolute atomic E-state index is 0.660. The SMILES string of the molecule is CCN(C)c1nc2cc(Cl)ccc2c2nnc(-c3ccccc3C)n12. The Morgan fingerprint density at radius 1 is 1.12 bits per heavy atom. The molecule has 0 saturated heterocycles. The van der Waals surface area contributed by atoms with Crippen LogP contribution in [0.5, 0.6) is 0 Å². The molecule has 0 saturated carbocycles. The van der Waals surface area contributed by atoms with E-state index in [1.165, 1.54) is 0 Å². The van der Waals surface area contributed by atoms with Crippen molar-refractivity contribution in [1.29, 1.82) is 0 Å². The summed E-state index contributed by atoms with van der Waals surface area (Å²) in [6, 6.07) is 13.9. The molecule has 4 rings (SSSR count). The number of anilines is 1. The van der Waals surface area contributed by atoms with E-state index < -0.39 is 0 Å². The van der Waals surface area contributed by atoms with Crippen LogP contribution >= 0.6 is 11.6 Å². The molecule has 25 heavy (non-hydrogen) atoms. The molecule has 0 radical (unpaired) electrons. The van der Waals surface area contributed by atoms with Crippen molar-refractivity contribution in [2.24, 2.45) is 0 Å². The normalized spacial score (nSPS) is 11.4. The number of hydrogen-bond donors (Lipinski definition) is 0. The van der Waals surface area contributed by atoms with Gasteiger partial charge in [0.1, 0.15) is 0 Å². The monoisotopic (exact) mass is 351 g/mol. The lowest BCUT2D eigenvalue weighted by Crippen LogP contribution is -2.21. The van der Waals surface area contributed by atoms with Gasteiger partial charge in [-0.15, -0.1) is 10.2 Å². The number of aryl methyl sites for hydroxylation is 1. The number of nitrogens with zero attached hydrogens (tertiary/aromatic N) is 5. The zero-order valence-electron chi connectivity index (χ0n) is 14.4. The number of halogens is 1. The summed E-state index contributed by atoms with van der Waals surface area (Å²) in [7, 11) is 2.01. The minimum atomic E-state index is 0.660. The third kappa shape index (κ3) is 2.51. The molecule has 126 valence electrons. The van der Waals surface area contributed by atoms with Gasteiger partial charge in [0, 0.05) is 29.6 Å². The Morgan fingerprint density at radius 3 is 2.68 bits per heavy atom. The van der Waals surface area contributed by atoms with Gasteiger partial charge < -0.3 is 4.90 Å². The van der Waals surface area contributed by atoms with E-state index in [0.717, 1.165) is 46.0 Å². The molecule has 5 nitrogen and oxygen atoms in total. The van der Waals surface area contributed by atoms with E-state index in [9.17, 15) is 0 Å². The summed E-state index contributed by atoms with van der Waals surface area (Å²) in [6.45, 7) is 4.99. The van der Waals surface area contributed by atoms with E-state index >= 15 is 0 Å². The first-order valence-electron chi connectivity index (χ1n) is 8.21. The van der Waals surface area contributed by atoms with Gasteiger partial charge in [-0.25, -0.2) is 9.38 Å². The van der Waals surface area contributed by atoms with Crippen LogP contribution in [-0.4, -0.2) is 33.2 Å². The van der Waals surface area contributed by atoms with Crippen LogP contribution in [0.2, 0.25) is 5.02 Å². The third-order valence-electron chi connectivity index (χ3n) is 4.49. The maximum absolute atomic E-state index is 6.16. The highest BCUT2D eigenvalue weighted by molar-refractivity contribution is 6.31. The summed E-state index contributed by atoms with van der Waals surface area (Å²) in [5.74, 6) is 1.60. The Bertz CT molecular complexity index is 1090. The lowest BCUT2D eigenvalue weighted by Gasteiger charge is -2.19. The number of fused-ring (bicyclic) bond motifs is 3. The average Bonchev–Trinajstić information content (AvgIpc) is 3.05. The van der Waals surface area contributed by atoms with Crippen LogP contribution in [-0.2, 0) is 0 Å². The standard InChI is InChI=1S/C19H18ClN5/c1-4-24(3)19-21-16-11-13(20)9-10-15(16)18-23-22-17(25(18)19)14-8-6-5-7-12(14)2/h5-11H,4H2,1-3H3. The lowest BCUT2D eigenvalue weighted by molar-refractivity contribution is 0.889. The first-order chi connectivity index (χ1) is 12.1. The molecule has 2 aromatic heterocycles. The molecule has 4 aromatic rings. The molecular weight excluding hydrogens is 334 g/mol. The maximum Gasteiger partial charge on any atom is 0.213 e. The van der Waals surface area contributed by atoms with Crippen molar-refractivity contribution < 1.29 is 0 Å². The fourth-order valence-electron chi connectivity index (χ4n) is 2.99. The number of hydrogen-bond acceptors (Lipinski definition) is 4. The molecule has 0 atom stereocenters. The van der Waals surface area contributed by atoms with Crippen molar-refractivity contribution in [3.05, 3.63) is 53.1 Å². The summed E-state index contributed by atoms with van der Waals surface area (Å²) in [4.78, 5) is 6.93. The second kappa shape index (κ2) is 6.01. The van der Waals surface area contributed by atoms with Crippen LogP contribution in [0.15, 0.2) is 42.5 Å². The third-order valence-corrected chi connectivity index (χ3v) is 4.72. The highest BCUT2D eigenvalue weighted by Crippen LogP contribution is 2.30. The summed E-state index contributed by atoms with van der Waals surface area (Å²) >= 11 is 6.16. The van der Waals surface area contributed by atoms with Gasteiger partial charge in [0.2, 0.25) is 5.95 Å². The molecule has 0 amide bonds. The van der Waals surface area contributed by atoms with Crippen LogP contribution in [0.25, 0.3) is 27.9 Å². The average molecular weight is 352 g/mol. The minimum Gasteiger partial charge on any atom is -0.345 e. The Morgan fingerprint density at radius 2 is 1.92 bits per heavy atom. The van der Waals surface area contributed by atoms with Crippen molar-refractivity contribution >= 4 is 34.1 Å². The fourth-order valence-corrected chi connectivity index (χ4v) is 3.15. The van der Waals surface area contributed by atoms with Gasteiger partial charge >= 0.3 is 0 Å². The van der Waals surface area contributed by atoms with Crippen LogP contribution in [0.1, 0.15) is 12.5 Å². The maximum atomic E-state index is 6.16. The molecule has 0 aliphatic rings. The topological polar surface area (TPSA) is 46.3 Å². The Hall–Kier alpha value is -2.66. The first-order valence-corrected chi connectivity index (χ1v) is 8.59. The highest BCUT2D eigenvalue weighted by Gasteiger charge is 2.19. The van der Waals surface area contributed by atoms with Crippen LogP contribution in [0, 0.1) is 6.92 Å². The predicted molar refractivity (Wildman–Crippen MR) is 102 cm³/mol. The smallest absolute Gasteiger partial charge is 0.213 e. The second-order valence-corrected chi connectivity index (χ2v) is 6.52. The van der Waals surface area contributed by atoms with Gasteiger partial charge in [0.05, 0.1) is 5.52 Å². The van der Waals surface area contributed by atoms with Crippen LogP contribution in [0.4, 0.5) is 5.95 Å². The van der Waals surface area contributed by atoms with E-state index in [-0.39, 0.29) is 0 Å². The van der Waals surface area contributed by atoms with E-state index in [4.69, 9.17) is 16.6 Å². The van der Waals surface area contributed by atoms with Crippen molar-refractivity contribution in [2.75, 3.05) is 18.5 Å². The second-order valence-electron chi connectivity index (χ2n) is 6.08. The molecule has 0 N–H and O–H groups in total. The highest BCUT2D eigenvalue weighted by atomic mass is 35.5. The Kier molecular flexibility index (Phi) is 3.81. The molecule has 6 heteroatoms. The molecular formula is C19H18ClN5. The van der Waals surface area contributed by atoms with Gasteiger partial charge in [0.15, 0.2) is 11.5 Å². The van der Waals surface area contributed by atoms with Gasteiger partial charge in [-0.2, -0.15) is 0 Å². The molecule has 0 aliphatic carbocycles. The number of rotatable bonds is 3. The van der Waals surface area contributed by atoms with Gasteiger partial charge in [-0.1, -0.05) is 35.9 Å². The first kappa shape index (κ1) is 15.8. The van der Waals surface area contributed by atoms with Gasteiger partial charge in [-0.3, -0.25) is 0 Å². The van der Waals surface area contributed by atoms with Crippen molar-refractivity contribution in [1.82, 2.24) is 19.6 Å². The zero-order valence-corrected chi connectivity index (χ0v) is 15.1. The number of aromatic nitrogens is 4. The lowest BCUT2D eigenvalue weighted by atomic mass is 10.1. The largest absolute Gasteiger partial charge is 0.345 e. The molecule has 0 spiro atoms. The molecule has 2 aromatic carbocycles. The van der Waals surface area contributed by atoms with Crippen molar-refractivity contribution in [2.45, 2.75) is 13.8 Å². The molecule has 0 aliphatic heterocycles. The predicted octanol–water partition coefficient (Wildman–Crippen LogP) is 4.36. The summed E-state index contributed by atoms with van der Waals surface area (Å²) in [5.41, 5.74) is 3.81. The van der Waals surface area contributed by atoms with Gasteiger partial charge in [-0.05, 0) is 37.6 Å². The molecule has 0 unspecified atom stereocenters. The Labute approximate surface area is 150 Å². The molecule has 0 fully saturated rings. The summed E-state index contributed by atoms with van der Waals surface area (Å²) in [6.07, 6.45) is 0. The Balaban J connectivity index is 2.13. The fraction of sp³-hybridized carbons (Fsp3) is 0.211. The summed E-state index contributed by atoms with van der Waals surface area (Å²) in [5, 5.41) is 10.6. The summed E-state index contributed by atoms with van der Waals surface area (Å²) < 4.78 is 2.03. The van der Waals surface area contributed by atoms with Crippen LogP contribution in [0.3, 0.4) is 0 Å². The van der Waals surface area contributed by atoms with E-state index in [2.05, 4.69) is 41.1 Å². The molecule has 2 heterocycles. The van der Waals surface area contributed by atoms with E-state index in [1.807, 2.05) is 41.8 Å². The van der Waals surface area contributed by atoms with Crippen molar-refractivity contribution in [3.8, 4) is 11.4 Å².